The number of nitrogens with zero attached hydrogens (tertiary/aromatic N) is 1. The third-order valence-corrected chi connectivity index (χ3v) is 3.32. The molecule has 13 heavy (non-hydrogen) atoms. The minimum Gasteiger partial charge on any atom is -0.481 e. The van der Waals surface area contributed by atoms with Crippen molar-refractivity contribution in [3.05, 3.63) is 0 Å². The Balaban J connectivity index is 2.20. The van der Waals surface area contributed by atoms with E-state index in [0.29, 0.717) is 19.8 Å². The number of carboxylic acids is 1. The number of likely N-dealkylation sites (tertiary alicyclic amines) is 1. The van der Waals surface area contributed by atoms with Crippen LogP contribution in [0.25, 0.3) is 0 Å². The first-order chi connectivity index (χ1) is 6.19. The molecule has 0 aromatic carbocycles. The summed E-state index contributed by atoms with van der Waals surface area (Å²) >= 11 is 0. The molecule has 2 heterocycles. The highest BCUT2D eigenvalue weighted by atomic mass is 16.5. The van der Waals surface area contributed by atoms with E-state index in [9.17, 15) is 9.90 Å². The molecule has 0 aromatic heterocycles. The Morgan fingerprint density at radius 2 is 2.54 bits per heavy atom. The van der Waals surface area contributed by atoms with Crippen LogP contribution in [0.4, 0.5) is 0 Å². The van der Waals surface area contributed by atoms with Gasteiger partial charge in [0.05, 0.1) is 13.2 Å². The number of aliphatic carboxylic acids is 1. The van der Waals surface area contributed by atoms with Crippen molar-refractivity contribution in [3.63, 3.8) is 0 Å². The normalized spacial score (nSPS) is 39.3. The van der Waals surface area contributed by atoms with Gasteiger partial charge in [0.25, 0.3) is 0 Å². The summed E-state index contributed by atoms with van der Waals surface area (Å²) < 4.78 is 5.26. The molecule has 0 spiro atoms. The quantitative estimate of drug-likeness (QED) is 0.660. The largest absolute Gasteiger partial charge is 0.481 e. The van der Waals surface area contributed by atoms with Crippen LogP contribution in [-0.4, -0.2) is 48.8 Å². The third-order valence-electron chi connectivity index (χ3n) is 3.32. The van der Waals surface area contributed by atoms with E-state index in [1.807, 2.05) is 0 Å². The molecule has 4 heteroatoms. The lowest BCUT2D eigenvalue weighted by molar-refractivity contribution is -0.149. The van der Waals surface area contributed by atoms with Crippen LogP contribution in [0, 0.1) is 11.3 Å². The highest BCUT2D eigenvalue weighted by molar-refractivity contribution is 5.76. The second kappa shape index (κ2) is 2.96. The Bertz CT molecular complexity index is 231. The zero-order valence-electron chi connectivity index (χ0n) is 7.82. The number of hydrogen-bond acceptors (Lipinski definition) is 3. The summed E-state index contributed by atoms with van der Waals surface area (Å²) in [5.41, 5.74) is -0.601. The predicted octanol–water partition coefficient (Wildman–Crippen LogP) is 0.0393. The van der Waals surface area contributed by atoms with Gasteiger partial charge in [-0.05, 0) is 6.54 Å². The first-order valence-electron chi connectivity index (χ1n) is 4.72. The summed E-state index contributed by atoms with van der Waals surface area (Å²) in [6.07, 6.45) is 0. The predicted molar refractivity (Wildman–Crippen MR) is 46.5 cm³/mol. The number of rotatable bonds is 2. The molecule has 0 aromatic rings. The molecule has 1 N–H and O–H groups in total. The van der Waals surface area contributed by atoms with E-state index >= 15 is 0 Å². The number of carboxylic acid groups (broad SMARTS) is 1. The molecule has 2 saturated heterocycles. The first kappa shape index (κ1) is 8.97. The van der Waals surface area contributed by atoms with Crippen molar-refractivity contribution in [1.82, 2.24) is 4.90 Å². The molecular weight excluding hydrogens is 170 g/mol. The van der Waals surface area contributed by atoms with Crippen LogP contribution in [0.1, 0.15) is 6.92 Å². The van der Waals surface area contributed by atoms with Crippen LogP contribution in [0.2, 0.25) is 0 Å². The molecule has 2 fully saturated rings. The SMILES string of the molecule is CCN1CC2COCC2(C(=O)O)C1. The molecule has 2 rings (SSSR count). The van der Waals surface area contributed by atoms with E-state index in [2.05, 4.69) is 11.8 Å². The number of fused-ring (bicyclic) bond motifs is 1. The van der Waals surface area contributed by atoms with E-state index in [-0.39, 0.29) is 5.92 Å². The lowest BCUT2D eigenvalue weighted by Gasteiger charge is -2.21. The van der Waals surface area contributed by atoms with E-state index in [1.165, 1.54) is 0 Å². The van der Waals surface area contributed by atoms with Gasteiger partial charge in [-0.25, -0.2) is 0 Å². The fourth-order valence-electron chi connectivity index (χ4n) is 2.38. The monoisotopic (exact) mass is 185 g/mol. The van der Waals surface area contributed by atoms with Crippen molar-refractivity contribution in [1.29, 1.82) is 0 Å². The molecule has 0 radical (unpaired) electrons. The van der Waals surface area contributed by atoms with Gasteiger partial charge in [-0.15, -0.1) is 0 Å². The van der Waals surface area contributed by atoms with Gasteiger partial charge in [-0.1, -0.05) is 6.92 Å². The molecule has 0 saturated carbocycles. The van der Waals surface area contributed by atoms with E-state index in [0.717, 1.165) is 13.1 Å². The summed E-state index contributed by atoms with van der Waals surface area (Å²) in [6.45, 7) is 5.54. The molecule has 2 aliphatic rings. The fraction of sp³-hybridized carbons (Fsp3) is 0.889. The Hall–Kier alpha value is -0.610. The molecule has 2 unspecified atom stereocenters. The topological polar surface area (TPSA) is 49.8 Å². The maximum atomic E-state index is 11.2. The van der Waals surface area contributed by atoms with Gasteiger partial charge in [-0.2, -0.15) is 0 Å². The second-order valence-corrected chi connectivity index (χ2v) is 4.00. The van der Waals surface area contributed by atoms with Gasteiger partial charge in [0.1, 0.15) is 5.41 Å². The average molecular weight is 185 g/mol. The molecule has 2 aliphatic heterocycles. The minimum absolute atomic E-state index is 0.199. The van der Waals surface area contributed by atoms with Gasteiger partial charge >= 0.3 is 5.97 Å². The van der Waals surface area contributed by atoms with Gasteiger partial charge < -0.3 is 14.7 Å². The van der Waals surface area contributed by atoms with Crippen LogP contribution >= 0.6 is 0 Å². The van der Waals surface area contributed by atoms with Gasteiger partial charge in [0.15, 0.2) is 0 Å². The van der Waals surface area contributed by atoms with Crippen LogP contribution in [0.15, 0.2) is 0 Å². The van der Waals surface area contributed by atoms with Gasteiger partial charge in [0, 0.05) is 19.0 Å². The maximum Gasteiger partial charge on any atom is 0.313 e. The Labute approximate surface area is 77.5 Å². The summed E-state index contributed by atoms with van der Waals surface area (Å²) in [4.78, 5) is 13.4. The summed E-state index contributed by atoms with van der Waals surface area (Å²) in [5, 5.41) is 9.18. The van der Waals surface area contributed by atoms with E-state index < -0.39 is 11.4 Å². The van der Waals surface area contributed by atoms with Crippen molar-refractivity contribution in [2.24, 2.45) is 11.3 Å². The van der Waals surface area contributed by atoms with E-state index in [1.54, 1.807) is 0 Å². The number of hydrogen-bond donors (Lipinski definition) is 1. The second-order valence-electron chi connectivity index (χ2n) is 4.00. The van der Waals surface area contributed by atoms with Crippen LogP contribution in [0.3, 0.4) is 0 Å². The van der Waals surface area contributed by atoms with Crippen LogP contribution in [-0.2, 0) is 9.53 Å². The molecule has 0 aliphatic carbocycles. The van der Waals surface area contributed by atoms with Gasteiger partial charge in [0.2, 0.25) is 0 Å². The number of ether oxygens (including phenoxy) is 1. The lowest BCUT2D eigenvalue weighted by Crippen LogP contribution is -2.38. The van der Waals surface area contributed by atoms with Crippen molar-refractivity contribution in [2.75, 3.05) is 32.8 Å². The number of carbonyl (C=O) groups is 1. The summed E-state index contributed by atoms with van der Waals surface area (Å²) in [5.74, 6) is -0.490. The van der Waals surface area contributed by atoms with Crippen molar-refractivity contribution in [2.45, 2.75) is 6.92 Å². The molecule has 2 atom stereocenters. The van der Waals surface area contributed by atoms with Crippen LogP contribution in [0.5, 0.6) is 0 Å². The molecule has 0 amide bonds. The molecule has 0 bridgehead atoms. The van der Waals surface area contributed by atoms with Crippen molar-refractivity contribution < 1.29 is 14.6 Å². The standard InChI is InChI=1S/C9H15NO3/c1-2-10-3-7-4-13-6-9(7,5-10)8(11)12/h7H,2-6H2,1H3,(H,11,12). The molecular formula is C9H15NO3. The fourth-order valence-corrected chi connectivity index (χ4v) is 2.38. The molecule has 74 valence electrons. The van der Waals surface area contributed by atoms with Gasteiger partial charge in [-0.3, -0.25) is 4.79 Å². The first-order valence-corrected chi connectivity index (χ1v) is 4.72. The van der Waals surface area contributed by atoms with Crippen molar-refractivity contribution in [3.8, 4) is 0 Å². The Morgan fingerprint density at radius 3 is 3.08 bits per heavy atom. The summed E-state index contributed by atoms with van der Waals surface area (Å²) in [7, 11) is 0. The third kappa shape index (κ3) is 1.16. The average Bonchev–Trinajstić information content (AvgIpc) is 2.58. The zero-order valence-corrected chi connectivity index (χ0v) is 7.82. The Kier molecular flexibility index (Phi) is 2.04. The maximum absolute atomic E-state index is 11.2. The van der Waals surface area contributed by atoms with Crippen molar-refractivity contribution >= 4 is 5.97 Å². The Morgan fingerprint density at radius 1 is 1.77 bits per heavy atom. The highest BCUT2D eigenvalue weighted by Crippen LogP contribution is 2.41. The minimum atomic E-state index is -0.689. The van der Waals surface area contributed by atoms with Crippen LogP contribution < -0.4 is 0 Å². The van der Waals surface area contributed by atoms with E-state index in [4.69, 9.17) is 4.74 Å². The smallest absolute Gasteiger partial charge is 0.313 e. The highest BCUT2D eigenvalue weighted by Gasteiger charge is 2.55. The zero-order chi connectivity index (χ0) is 9.47. The molecule has 4 nitrogen and oxygen atoms in total. The summed E-state index contributed by atoms with van der Waals surface area (Å²) in [6, 6.07) is 0. The lowest BCUT2D eigenvalue weighted by atomic mass is 9.81.